The van der Waals surface area contributed by atoms with Crippen molar-refractivity contribution in [1.29, 1.82) is 0 Å². The van der Waals surface area contributed by atoms with E-state index in [1.165, 1.54) is 12.4 Å². The van der Waals surface area contributed by atoms with Gasteiger partial charge in [-0.25, -0.2) is 9.97 Å². The second kappa shape index (κ2) is 8.62. The van der Waals surface area contributed by atoms with E-state index >= 15 is 0 Å². The number of carbonyl (C=O) groups is 1. The van der Waals surface area contributed by atoms with Gasteiger partial charge in [0.15, 0.2) is 5.75 Å². The molecule has 3 rings (SSSR count). The molecule has 3 aromatic rings. The van der Waals surface area contributed by atoms with Crippen LogP contribution >= 0.6 is 0 Å². The quantitative estimate of drug-likeness (QED) is 0.671. The van der Waals surface area contributed by atoms with Crippen LogP contribution in [0.25, 0.3) is 0 Å². The molecule has 0 unspecified atom stereocenters. The summed E-state index contributed by atoms with van der Waals surface area (Å²) in [7, 11) is 0. The van der Waals surface area contributed by atoms with Crippen molar-refractivity contribution in [2.45, 2.75) is 13.3 Å². The average molecular weight is 348 g/mol. The number of nitrogens with zero attached hydrogens (tertiary/aromatic N) is 2. The lowest BCUT2D eigenvalue weighted by atomic mass is 10.3. The number of carbonyl (C=O) groups excluding carboxylic acids is 1. The molecular formula is C20H20N4O2. The molecule has 0 aliphatic carbocycles. The van der Waals surface area contributed by atoms with Crippen molar-refractivity contribution in [3.8, 4) is 11.5 Å². The molecule has 1 amide bonds. The van der Waals surface area contributed by atoms with Crippen molar-refractivity contribution < 1.29 is 9.53 Å². The number of aromatic nitrogens is 2. The highest BCUT2D eigenvalue weighted by atomic mass is 16.5. The van der Waals surface area contributed by atoms with Crippen LogP contribution in [0.15, 0.2) is 67.0 Å². The fourth-order valence-corrected chi connectivity index (χ4v) is 2.25. The maximum absolute atomic E-state index is 11.9. The molecule has 132 valence electrons. The van der Waals surface area contributed by atoms with Gasteiger partial charge < -0.3 is 15.4 Å². The van der Waals surface area contributed by atoms with Crippen LogP contribution in [0.5, 0.6) is 11.5 Å². The van der Waals surface area contributed by atoms with Crippen molar-refractivity contribution in [2.75, 3.05) is 11.9 Å². The van der Waals surface area contributed by atoms with Crippen LogP contribution in [0, 0.1) is 0 Å². The largest absolute Gasteiger partial charge is 0.455 e. The van der Waals surface area contributed by atoms with Crippen LogP contribution in [0.3, 0.4) is 0 Å². The minimum Gasteiger partial charge on any atom is -0.455 e. The predicted octanol–water partition coefficient (Wildman–Crippen LogP) is 4.15. The second-order valence-electron chi connectivity index (χ2n) is 5.58. The Morgan fingerprint density at radius 1 is 1.00 bits per heavy atom. The Balaban J connectivity index is 1.72. The van der Waals surface area contributed by atoms with Crippen LogP contribution in [0.4, 0.5) is 11.5 Å². The van der Waals surface area contributed by atoms with Gasteiger partial charge in [-0.3, -0.25) is 4.79 Å². The maximum atomic E-state index is 11.9. The molecule has 0 saturated carbocycles. The summed E-state index contributed by atoms with van der Waals surface area (Å²) in [5, 5.41) is 5.94. The van der Waals surface area contributed by atoms with Crippen molar-refractivity contribution in [3.63, 3.8) is 0 Å². The summed E-state index contributed by atoms with van der Waals surface area (Å²) in [5.74, 6) is 1.72. The van der Waals surface area contributed by atoms with E-state index in [9.17, 15) is 4.79 Å². The molecule has 0 saturated heterocycles. The Bertz CT molecular complexity index is 851. The third-order valence-corrected chi connectivity index (χ3v) is 3.54. The van der Waals surface area contributed by atoms with Gasteiger partial charge in [-0.05, 0) is 30.7 Å². The molecule has 1 heterocycles. The Morgan fingerprint density at radius 3 is 2.50 bits per heavy atom. The van der Waals surface area contributed by atoms with E-state index in [0.717, 1.165) is 17.9 Å². The van der Waals surface area contributed by atoms with E-state index < -0.39 is 0 Å². The zero-order valence-corrected chi connectivity index (χ0v) is 14.5. The SMILES string of the molecule is CCCNC(=O)c1cnc(Nc2ccccc2Oc2ccccc2)cn1. The monoisotopic (exact) mass is 348 g/mol. The van der Waals surface area contributed by atoms with Crippen LogP contribution < -0.4 is 15.4 Å². The van der Waals surface area contributed by atoms with Crippen molar-refractivity contribution >= 4 is 17.4 Å². The van der Waals surface area contributed by atoms with Crippen LogP contribution in [0.1, 0.15) is 23.8 Å². The Kier molecular flexibility index (Phi) is 5.77. The van der Waals surface area contributed by atoms with E-state index in [0.29, 0.717) is 18.1 Å². The third-order valence-electron chi connectivity index (χ3n) is 3.54. The molecule has 0 aliphatic rings. The lowest BCUT2D eigenvalue weighted by Gasteiger charge is -2.12. The van der Waals surface area contributed by atoms with Gasteiger partial charge >= 0.3 is 0 Å². The number of anilines is 2. The predicted molar refractivity (Wildman–Crippen MR) is 101 cm³/mol. The van der Waals surface area contributed by atoms with E-state index in [1.807, 2.05) is 61.5 Å². The number of benzene rings is 2. The first-order valence-electron chi connectivity index (χ1n) is 8.45. The highest BCUT2D eigenvalue weighted by molar-refractivity contribution is 5.92. The number of amides is 1. The summed E-state index contributed by atoms with van der Waals surface area (Å²) in [4.78, 5) is 20.3. The second-order valence-corrected chi connectivity index (χ2v) is 5.58. The first-order chi connectivity index (χ1) is 12.8. The molecule has 0 fully saturated rings. The fraction of sp³-hybridized carbons (Fsp3) is 0.150. The summed E-state index contributed by atoms with van der Waals surface area (Å²) >= 11 is 0. The molecule has 0 aliphatic heterocycles. The zero-order valence-electron chi connectivity index (χ0n) is 14.5. The van der Waals surface area contributed by atoms with Gasteiger partial charge in [-0.1, -0.05) is 37.3 Å². The Labute approximate surface area is 152 Å². The van der Waals surface area contributed by atoms with Crippen LogP contribution in [-0.2, 0) is 0 Å². The number of hydrogen-bond acceptors (Lipinski definition) is 5. The van der Waals surface area contributed by atoms with Gasteiger partial charge in [0.05, 0.1) is 18.1 Å². The van der Waals surface area contributed by atoms with Gasteiger partial charge in [0.1, 0.15) is 17.3 Å². The van der Waals surface area contributed by atoms with Crippen molar-refractivity contribution in [1.82, 2.24) is 15.3 Å². The molecular weight excluding hydrogens is 328 g/mol. The molecule has 2 N–H and O–H groups in total. The molecule has 0 atom stereocenters. The Hall–Kier alpha value is -3.41. The topological polar surface area (TPSA) is 76.1 Å². The Morgan fingerprint density at radius 2 is 1.77 bits per heavy atom. The van der Waals surface area contributed by atoms with Crippen LogP contribution in [-0.4, -0.2) is 22.4 Å². The van der Waals surface area contributed by atoms with E-state index in [-0.39, 0.29) is 11.6 Å². The third kappa shape index (κ3) is 4.57. The number of para-hydroxylation sites is 3. The summed E-state index contributed by atoms with van der Waals surface area (Å²) in [5.41, 5.74) is 1.05. The first-order valence-corrected chi connectivity index (χ1v) is 8.45. The number of ether oxygens (including phenoxy) is 1. The van der Waals surface area contributed by atoms with Gasteiger partial charge in [0, 0.05) is 6.54 Å². The van der Waals surface area contributed by atoms with E-state index in [4.69, 9.17) is 4.74 Å². The molecule has 26 heavy (non-hydrogen) atoms. The maximum Gasteiger partial charge on any atom is 0.271 e. The number of nitrogens with one attached hydrogen (secondary N) is 2. The van der Waals surface area contributed by atoms with E-state index in [1.54, 1.807) is 0 Å². The molecule has 0 radical (unpaired) electrons. The normalized spacial score (nSPS) is 10.2. The minimum atomic E-state index is -0.223. The molecule has 2 aromatic carbocycles. The fourth-order valence-electron chi connectivity index (χ4n) is 2.25. The van der Waals surface area contributed by atoms with Gasteiger partial charge in [0.25, 0.3) is 5.91 Å². The minimum absolute atomic E-state index is 0.223. The molecule has 6 nitrogen and oxygen atoms in total. The molecule has 0 bridgehead atoms. The van der Waals surface area contributed by atoms with Gasteiger partial charge in [0.2, 0.25) is 0 Å². The van der Waals surface area contributed by atoms with Gasteiger partial charge in [-0.15, -0.1) is 0 Å². The zero-order chi connectivity index (χ0) is 18.2. The summed E-state index contributed by atoms with van der Waals surface area (Å²) in [6, 6.07) is 17.1. The first kappa shape index (κ1) is 17.4. The van der Waals surface area contributed by atoms with Crippen molar-refractivity contribution in [2.24, 2.45) is 0 Å². The van der Waals surface area contributed by atoms with Crippen LogP contribution in [0.2, 0.25) is 0 Å². The molecule has 1 aromatic heterocycles. The molecule has 6 heteroatoms. The number of rotatable bonds is 7. The lowest BCUT2D eigenvalue weighted by Crippen LogP contribution is -2.25. The van der Waals surface area contributed by atoms with E-state index in [2.05, 4.69) is 20.6 Å². The highest BCUT2D eigenvalue weighted by Crippen LogP contribution is 2.30. The summed E-state index contributed by atoms with van der Waals surface area (Å²) in [6.45, 7) is 2.61. The van der Waals surface area contributed by atoms with Gasteiger partial charge in [-0.2, -0.15) is 0 Å². The lowest BCUT2D eigenvalue weighted by molar-refractivity contribution is 0.0948. The molecule has 0 spiro atoms. The van der Waals surface area contributed by atoms with Crippen molar-refractivity contribution in [3.05, 3.63) is 72.7 Å². The standard InChI is InChI=1S/C20H20N4O2/c1-2-12-21-20(25)17-13-23-19(14-22-17)24-16-10-6-7-11-18(16)26-15-8-4-3-5-9-15/h3-11,13-14H,2,12H2,1H3,(H,21,25)(H,23,24). The summed E-state index contributed by atoms with van der Waals surface area (Å²) in [6.07, 6.45) is 3.85. The average Bonchev–Trinajstić information content (AvgIpc) is 2.69. The highest BCUT2D eigenvalue weighted by Gasteiger charge is 2.09. The smallest absolute Gasteiger partial charge is 0.271 e. The number of hydrogen-bond donors (Lipinski definition) is 2. The summed E-state index contributed by atoms with van der Waals surface area (Å²) < 4.78 is 5.91.